The molecule has 4 heterocycles. The minimum absolute atomic E-state index is 0.215. The predicted molar refractivity (Wildman–Crippen MR) is 101 cm³/mol. The maximum atomic E-state index is 13.9. The van der Waals surface area contributed by atoms with E-state index in [1.54, 1.807) is 23.0 Å². The van der Waals surface area contributed by atoms with E-state index in [1.165, 1.54) is 16.4 Å². The molecule has 2 aromatic heterocycles. The summed E-state index contributed by atoms with van der Waals surface area (Å²) in [5, 5.41) is 12.3. The smallest absolute Gasteiger partial charge is 0.218 e. The van der Waals surface area contributed by atoms with Crippen LogP contribution in [0.15, 0.2) is 42.7 Å². The number of halogens is 1. The summed E-state index contributed by atoms with van der Waals surface area (Å²) in [5.74, 6) is 0.548. The van der Waals surface area contributed by atoms with E-state index in [1.807, 2.05) is 12.1 Å². The van der Waals surface area contributed by atoms with Crippen LogP contribution in [0.2, 0.25) is 0 Å². The highest BCUT2D eigenvalue weighted by molar-refractivity contribution is 7.88. The topological polar surface area (TPSA) is 83.7 Å². The van der Waals surface area contributed by atoms with Gasteiger partial charge in [-0.3, -0.25) is 0 Å². The number of hydrogen-bond acceptors (Lipinski definition) is 6. The normalized spacial score (nSPS) is 22.8. The lowest BCUT2D eigenvalue weighted by atomic mass is 10.0. The molecule has 2 aliphatic heterocycles. The number of sulfonamides is 1. The Kier molecular flexibility index (Phi) is 4.06. The van der Waals surface area contributed by atoms with Crippen LogP contribution in [0.3, 0.4) is 0 Å². The van der Waals surface area contributed by atoms with Crippen molar-refractivity contribution in [2.24, 2.45) is 11.8 Å². The molecule has 3 aromatic rings. The third kappa shape index (κ3) is 3.02. The van der Waals surface area contributed by atoms with Gasteiger partial charge in [0.15, 0.2) is 5.65 Å². The van der Waals surface area contributed by atoms with E-state index < -0.39 is 15.8 Å². The van der Waals surface area contributed by atoms with Crippen LogP contribution in [-0.4, -0.2) is 58.7 Å². The molecule has 2 saturated heterocycles. The first-order chi connectivity index (χ1) is 13.5. The molecule has 2 atom stereocenters. The van der Waals surface area contributed by atoms with E-state index in [0.717, 1.165) is 18.9 Å². The second-order valence-electron chi connectivity index (χ2n) is 7.41. The third-order valence-electron chi connectivity index (χ3n) is 5.61. The quantitative estimate of drug-likeness (QED) is 0.651. The van der Waals surface area contributed by atoms with Gasteiger partial charge in [-0.25, -0.2) is 17.1 Å². The van der Waals surface area contributed by atoms with Crippen molar-refractivity contribution in [3.8, 4) is 0 Å². The van der Waals surface area contributed by atoms with Gasteiger partial charge in [-0.05, 0) is 30.0 Å². The molecule has 0 N–H and O–H groups in total. The highest BCUT2D eigenvalue weighted by Gasteiger charge is 2.44. The van der Waals surface area contributed by atoms with E-state index in [2.05, 4.69) is 20.2 Å². The zero-order chi connectivity index (χ0) is 19.3. The van der Waals surface area contributed by atoms with Gasteiger partial charge < -0.3 is 4.90 Å². The Morgan fingerprint density at radius 3 is 2.54 bits per heavy atom. The van der Waals surface area contributed by atoms with Crippen molar-refractivity contribution in [2.45, 2.75) is 5.75 Å². The number of benzene rings is 1. The van der Waals surface area contributed by atoms with Crippen LogP contribution in [-0.2, 0) is 15.8 Å². The number of fused-ring (bicyclic) bond motifs is 2. The lowest BCUT2D eigenvalue weighted by molar-refractivity contribution is 0.451. The standard InChI is InChI=1S/C18H19FN6O2S/c19-16-4-2-1-3-13(16)11-28(26,27)24-9-14-7-23(8-15(14)10-24)18-6-5-17-21-20-12-25(17)22-18/h1-6,12,14-15H,7-11H2. The minimum atomic E-state index is -3.54. The van der Waals surface area contributed by atoms with Gasteiger partial charge in [0, 0.05) is 31.7 Å². The van der Waals surface area contributed by atoms with Crippen molar-refractivity contribution in [2.75, 3.05) is 31.1 Å². The van der Waals surface area contributed by atoms with Crippen molar-refractivity contribution in [1.29, 1.82) is 0 Å². The maximum Gasteiger partial charge on any atom is 0.218 e. The number of hydrogen-bond donors (Lipinski definition) is 0. The summed E-state index contributed by atoms with van der Waals surface area (Å²) in [5.41, 5.74) is 0.904. The van der Waals surface area contributed by atoms with Crippen LogP contribution in [0, 0.1) is 17.7 Å². The molecule has 0 spiro atoms. The Hall–Kier alpha value is -2.59. The van der Waals surface area contributed by atoms with Crippen molar-refractivity contribution >= 4 is 21.5 Å². The fourth-order valence-electron chi connectivity index (χ4n) is 4.15. The molecule has 0 radical (unpaired) electrons. The first kappa shape index (κ1) is 17.5. The summed E-state index contributed by atoms with van der Waals surface area (Å²) in [7, 11) is -3.54. The first-order valence-electron chi connectivity index (χ1n) is 9.13. The van der Waals surface area contributed by atoms with Gasteiger partial charge in [0.2, 0.25) is 10.0 Å². The number of nitrogens with zero attached hydrogens (tertiary/aromatic N) is 6. The van der Waals surface area contributed by atoms with Crippen LogP contribution in [0.5, 0.6) is 0 Å². The van der Waals surface area contributed by atoms with Crippen molar-refractivity contribution < 1.29 is 12.8 Å². The number of rotatable bonds is 4. The number of aromatic nitrogens is 4. The largest absolute Gasteiger partial charge is 0.355 e. The van der Waals surface area contributed by atoms with Gasteiger partial charge >= 0.3 is 0 Å². The summed E-state index contributed by atoms with van der Waals surface area (Å²) >= 11 is 0. The second kappa shape index (κ2) is 6.49. The fourth-order valence-corrected chi connectivity index (χ4v) is 5.80. The van der Waals surface area contributed by atoms with Gasteiger partial charge in [0.25, 0.3) is 0 Å². The molecule has 2 unspecified atom stereocenters. The summed E-state index contributed by atoms with van der Waals surface area (Å²) in [4.78, 5) is 2.18. The molecule has 8 nitrogen and oxygen atoms in total. The van der Waals surface area contributed by atoms with Crippen LogP contribution >= 0.6 is 0 Å². The van der Waals surface area contributed by atoms with Gasteiger partial charge in [0.05, 0.1) is 5.75 Å². The molecule has 0 saturated carbocycles. The van der Waals surface area contributed by atoms with Crippen LogP contribution < -0.4 is 4.90 Å². The second-order valence-corrected chi connectivity index (χ2v) is 9.38. The summed E-state index contributed by atoms with van der Waals surface area (Å²) < 4.78 is 42.5. The molecule has 1 aromatic carbocycles. The SMILES string of the molecule is O=S(=O)(Cc1ccccc1F)N1CC2CN(c3ccc4nncn4n3)CC2C1. The molecule has 0 bridgehead atoms. The van der Waals surface area contributed by atoms with Gasteiger partial charge in [0.1, 0.15) is 18.0 Å². The Morgan fingerprint density at radius 2 is 1.79 bits per heavy atom. The molecule has 5 rings (SSSR count). The highest BCUT2D eigenvalue weighted by Crippen LogP contribution is 2.35. The first-order valence-corrected chi connectivity index (χ1v) is 10.7. The lowest BCUT2D eigenvalue weighted by Gasteiger charge is -2.22. The third-order valence-corrected chi connectivity index (χ3v) is 7.37. The van der Waals surface area contributed by atoms with Gasteiger partial charge in [-0.1, -0.05) is 18.2 Å². The molecular weight excluding hydrogens is 383 g/mol. The zero-order valence-electron chi connectivity index (χ0n) is 15.0. The Labute approximate surface area is 161 Å². The van der Waals surface area contributed by atoms with E-state index in [0.29, 0.717) is 18.7 Å². The Balaban J connectivity index is 1.28. The van der Waals surface area contributed by atoms with Crippen LogP contribution in [0.25, 0.3) is 5.65 Å². The fraction of sp³-hybridized carbons (Fsp3) is 0.389. The summed E-state index contributed by atoms with van der Waals surface area (Å²) in [6, 6.07) is 9.82. The van der Waals surface area contributed by atoms with E-state index in [4.69, 9.17) is 0 Å². The number of anilines is 1. The summed E-state index contributed by atoms with van der Waals surface area (Å²) in [6.07, 6.45) is 1.56. The van der Waals surface area contributed by atoms with E-state index in [9.17, 15) is 12.8 Å². The molecule has 10 heteroatoms. The van der Waals surface area contributed by atoms with Gasteiger partial charge in [-0.2, -0.15) is 4.52 Å². The maximum absolute atomic E-state index is 13.9. The van der Waals surface area contributed by atoms with Crippen molar-refractivity contribution in [1.82, 2.24) is 24.1 Å². The molecule has 0 amide bonds. The van der Waals surface area contributed by atoms with E-state index in [-0.39, 0.29) is 23.2 Å². The zero-order valence-corrected chi connectivity index (χ0v) is 15.8. The van der Waals surface area contributed by atoms with Crippen LogP contribution in [0.1, 0.15) is 5.56 Å². The van der Waals surface area contributed by atoms with Crippen molar-refractivity contribution in [3.63, 3.8) is 0 Å². The molecule has 0 aliphatic carbocycles. The van der Waals surface area contributed by atoms with E-state index >= 15 is 0 Å². The highest BCUT2D eigenvalue weighted by atomic mass is 32.2. The van der Waals surface area contributed by atoms with Crippen molar-refractivity contribution in [3.05, 3.63) is 54.1 Å². The molecule has 28 heavy (non-hydrogen) atoms. The summed E-state index contributed by atoms with van der Waals surface area (Å²) in [6.45, 7) is 2.42. The average molecular weight is 402 g/mol. The Morgan fingerprint density at radius 1 is 1.04 bits per heavy atom. The lowest BCUT2D eigenvalue weighted by Crippen LogP contribution is -2.34. The average Bonchev–Trinajstić information content (AvgIpc) is 3.37. The Bertz CT molecular complexity index is 1120. The van der Waals surface area contributed by atoms with Crippen LogP contribution in [0.4, 0.5) is 10.2 Å². The van der Waals surface area contributed by atoms with Gasteiger partial charge in [-0.15, -0.1) is 15.3 Å². The molecule has 146 valence electrons. The predicted octanol–water partition coefficient (Wildman–Crippen LogP) is 1.16. The monoisotopic (exact) mass is 402 g/mol. The molecular formula is C18H19FN6O2S. The minimum Gasteiger partial charge on any atom is -0.355 e. The molecule has 2 fully saturated rings. The molecule has 2 aliphatic rings.